The van der Waals surface area contributed by atoms with Gasteiger partial charge in [-0.25, -0.2) is 8.42 Å². The third-order valence-electron chi connectivity index (χ3n) is 4.72. The van der Waals surface area contributed by atoms with E-state index < -0.39 is 33.4 Å². The second-order valence-electron chi connectivity index (χ2n) is 7.16. The van der Waals surface area contributed by atoms with Crippen LogP contribution in [0.25, 0.3) is 0 Å². The summed E-state index contributed by atoms with van der Waals surface area (Å²) < 4.78 is 65.7. The van der Waals surface area contributed by atoms with Gasteiger partial charge in [-0.3, -0.25) is 9.10 Å². The molecule has 0 bridgehead atoms. The maximum absolute atomic E-state index is 13.3. The van der Waals surface area contributed by atoms with Gasteiger partial charge in [0.25, 0.3) is 5.91 Å². The van der Waals surface area contributed by atoms with Crippen LogP contribution in [-0.4, -0.2) is 20.6 Å². The van der Waals surface area contributed by atoms with E-state index in [1.54, 1.807) is 18.2 Å². The number of benzene rings is 3. The van der Waals surface area contributed by atoms with Crippen LogP contribution in [0, 0.1) is 0 Å². The van der Waals surface area contributed by atoms with Gasteiger partial charge in [-0.15, -0.1) is 0 Å². The van der Waals surface area contributed by atoms with E-state index in [0.29, 0.717) is 11.6 Å². The molecule has 1 N–H and O–H groups in total. The van der Waals surface area contributed by atoms with E-state index in [9.17, 15) is 26.4 Å². The van der Waals surface area contributed by atoms with Crippen molar-refractivity contribution in [3.8, 4) is 0 Å². The molecule has 0 atom stereocenters. The fourth-order valence-corrected chi connectivity index (χ4v) is 4.62. The number of nitrogens with one attached hydrogen (secondary N) is 1. The molecule has 0 heterocycles. The minimum Gasteiger partial charge on any atom is -0.321 e. The van der Waals surface area contributed by atoms with E-state index >= 15 is 0 Å². The summed E-state index contributed by atoms with van der Waals surface area (Å²) in [6.07, 6.45) is -3.73. The van der Waals surface area contributed by atoms with E-state index in [1.165, 1.54) is 30.3 Å². The van der Waals surface area contributed by atoms with Gasteiger partial charge in [0.05, 0.1) is 29.7 Å². The van der Waals surface area contributed by atoms with Gasteiger partial charge in [-0.1, -0.05) is 40.9 Å². The summed E-state index contributed by atoms with van der Waals surface area (Å²) in [7, 11) is -3.78. The Bertz CT molecular complexity index is 1310. The Hall–Kier alpha value is -2.46. The topological polar surface area (TPSA) is 66.5 Å². The molecule has 3 aromatic rings. The lowest BCUT2D eigenvalue weighted by Crippen LogP contribution is -2.29. The summed E-state index contributed by atoms with van der Waals surface area (Å²) in [5.74, 6) is -0.820. The Morgan fingerprint density at radius 1 is 0.971 bits per heavy atom. The van der Waals surface area contributed by atoms with Crippen molar-refractivity contribution in [1.29, 1.82) is 0 Å². The van der Waals surface area contributed by atoms with Crippen molar-refractivity contribution >= 4 is 62.1 Å². The molecule has 0 aliphatic rings. The second-order valence-corrected chi connectivity index (χ2v) is 10.3. The highest BCUT2D eigenvalue weighted by Crippen LogP contribution is 2.37. The SMILES string of the molecule is CS(=O)(=O)N(Cc1c(Cl)cccc1Cl)c1ccc(C(=O)Nc2ccc(Cl)cc2C(F)(F)F)cc1. The Morgan fingerprint density at radius 3 is 2.09 bits per heavy atom. The van der Waals surface area contributed by atoms with Gasteiger partial charge in [0.15, 0.2) is 0 Å². The van der Waals surface area contributed by atoms with Crippen LogP contribution in [0.2, 0.25) is 15.1 Å². The van der Waals surface area contributed by atoms with Gasteiger partial charge < -0.3 is 5.32 Å². The summed E-state index contributed by atoms with van der Waals surface area (Å²) in [5, 5.41) is 2.64. The Balaban J connectivity index is 1.88. The first-order valence-electron chi connectivity index (χ1n) is 9.46. The molecule has 12 heteroatoms. The molecule has 34 heavy (non-hydrogen) atoms. The molecule has 3 rings (SSSR count). The number of halogens is 6. The van der Waals surface area contributed by atoms with Gasteiger partial charge in [0.1, 0.15) is 0 Å². The Labute approximate surface area is 209 Å². The fraction of sp³-hybridized carbons (Fsp3) is 0.136. The van der Waals surface area contributed by atoms with Crippen LogP contribution in [0.4, 0.5) is 24.5 Å². The number of carbonyl (C=O) groups is 1. The van der Waals surface area contributed by atoms with Crippen molar-refractivity contribution in [3.05, 3.63) is 92.4 Å². The molecular formula is C22H16Cl3F3N2O3S. The van der Waals surface area contributed by atoms with E-state index in [0.717, 1.165) is 16.6 Å². The van der Waals surface area contributed by atoms with E-state index in [4.69, 9.17) is 34.8 Å². The molecule has 0 aromatic heterocycles. The van der Waals surface area contributed by atoms with Crippen molar-refractivity contribution in [2.24, 2.45) is 0 Å². The summed E-state index contributed by atoms with van der Waals surface area (Å²) in [6.45, 7) is -0.164. The van der Waals surface area contributed by atoms with Crippen molar-refractivity contribution < 1.29 is 26.4 Å². The van der Waals surface area contributed by atoms with Gasteiger partial charge in [-0.05, 0) is 54.6 Å². The number of sulfonamides is 1. The molecule has 0 saturated carbocycles. The predicted octanol–water partition coefficient (Wildman–Crippen LogP) is 6.88. The number of nitrogens with zero attached hydrogens (tertiary/aromatic N) is 1. The first-order chi connectivity index (χ1) is 15.8. The highest BCUT2D eigenvalue weighted by Gasteiger charge is 2.34. The quantitative estimate of drug-likeness (QED) is 0.363. The summed E-state index contributed by atoms with van der Waals surface area (Å²) in [5.41, 5.74) is -0.948. The summed E-state index contributed by atoms with van der Waals surface area (Å²) >= 11 is 18.0. The normalized spacial score (nSPS) is 11.9. The van der Waals surface area contributed by atoms with E-state index in [1.807, 2.05) is 0 Å². The molecule has 0 aliphatic carbocycles. The highest BCUT2D eigenvalue weighted by molar-refractivity contribution is 7.92. The molecule has 0 fully saturated rings. The molecule has 0 unspecified atom stereocenters. The van der Waals surface area contributed by atoms with E-state index in [-0.39, 0.29) is 32.9 Å². The fourth-order valence-electron chi connectivity index (χ4n) is 3.06. The molecule has 180 valence electrons. The van der Waals surface area contributed by atoms with Crippen molar-refractivity contribution in [2.75, 3.05) is 15.9 Å². The Morgan fingerprint density at radius 2 is 1.56 bits per heavy atom. The van der Waals surface area contributed by atoms with Gasteiger partial charge in [-0.2, -0.15) is 13.2 Å². The average Bonchev–Trinajstić information content (AvgIpc) is 2.73. The second kappa shape index (κ2) is 10.0. The zero-order chi connectivity index (χ0) is 25.3. The highest BCUT2D eigenvalue weighted by atomic mass is 35.5. The number of hydrogen-bond donors (Lipinski definition) is 1. The van der Waals surface area contributed by atoms with Crippen LogP contribution in [-0.2, 0) is 22.7 Å². The lowest BCUT2D eigenvalue weighted by atomic mass is 10.1. The van der Waals surface area contributed by atoms with Crippen LogP contribution in [0.3, 0.4) is 0 Å². The Kier molecular flexibility index (Phi) is 7.72. The van der Waals surface area contributed by atoms with Crippen molar-refractivity contribution in [2.45, 2.75) is 12.7 Å². The molecule has 0 aliphatic heterocycles. The standard InChI is InChI=1S/C22H16Cl3F3N2O3S/c1-34(32,33)30(12-16-18(24)3-2-4-19(16)25)15-8-5-13(6-9-15)21(31)29-20-10-7-14(23)11-17(20)22(26,27)28/h2-11H,12H2,1H3,(H,29,31). The van der Waals surface area contributed by atoms with Gasteiger partial charge in [0.2, 0.25) is 10.0 Å². The maximum atomic E-state index is 13.3. The third-order valence-corrected chi connectivity index (χ3v) is 6.80. The summed E-state index contributed by atoms with van der Waals surface area (Å²) in [4.78, 5) is 12.6. The number of anilines is 2. The van der Waals surface area contributed by atoms with Gasteiger partial charge in [0, 0.05) is 26.2 Å². The van der Waals surface area contributed by atoms with Crippen LogP contribution in [0.5, 0.6) is 0 Å². The predicted molar refractivity (Wildman–Crippen MR) is 128 cm³/mol. The van der Waals surface area contributed by atoms with Crippen LogP contribution in [0.15, 0.2) is 60.7 Å². The number of hydrogen-bond acceptors (Lipinski definition) is 3. The molecular weight excluding hydrogens is 536 g/mol. The largest absolute Gasteiger partial charge is 0.418 e. The maximum Gasteiger partial charge on any atom is 0.418 e. The van der Waals surface area contributed by atoms with Crippen molar-refractivity contribution in [3.63, 3.8) is 0 Å². The van der Waals surface area contributed by atoms with Crippen LogP contribution in [0.1, 0.15) is 21.5 Å². The van der Waals surface area contributed by atoms with Crippen molar-refractivity contribution in [1.82, 2.24) is 0 Å². The third kappa shape index (κ3) is 6.15. The lowest BCUT2D eigenvalue weighted by Gasteiger charge is -2.24. The first kappa shape index (κ1) is 26.2. The monoisotopic (exact) mass is 550 g/mol. The molecule has 3 aromatic carbocycles. The minimum atomic E-state index is -4.73. The van der Waals surface area contributed by atoms with Gasteiger partial charge >= 0.3 is 6.18 Å². The zero-order valence-electron chi connectivity index (χ0n) is 17.3. The lowest BCUT2D eigenvalue weighted by molar-refractivity contribution is -0.136. The number of carbonyl (C=O) groups excluding carboxylic acids is 1. The first-order valence-corrected chi connectivity index (χ1v) is 12.4. The average molecular weight is 552 g/mol. The number of rotatable bonds is 6. The zero-order valence-corrected chi connectivity index (χ0v) is 20.4. The number of alkyl halides is 3. The summed E-state index contributed by atoms with van der Waals surface area (Å²) in [6, 6.07) is 13.0. The molecule has 0 radical (unpaired) electrons. The van der Waals surface area contributed by atoms with Crippen LogP contribution >= 0.6 is 34.8 Å². The van der Waals surface area contributed by atoms with E-state index in [2.05, 4.69) is 5.32 Å². The smallest absolute Gasteiger partial charge is 0.321 e. The number of amides is 1. The van der Waals surface area contributed by atoms with Crippen LogP contribution < -0.4 is 9.62 Å². The minimum absolute atomic E-state index is 0.0102. The molecule has 5 nitrogen and oxygen atoms in total. The molecule has 1 amide bonds. The molecule has 0 saturated heterocycles. The molecule has 0 spiro atoms.